The lowest BCUT2D eigenvalue weighted by atomic mass is 10.1. The van der Waals surface area contributed by atoms with E-state index >= 15 is 0 Å². The van der Waals surface area contributed by atoms with Gasteiger partial charge < -0.3 is 4.42 Å². The second-order valence-corrected chi connectivity index (χ2v) is 11.6. The Hall–Kier alpha value is -3.79. The van der Waals surface area contributed by atoms with Gasteiger partial charge in [0.1, 0.15) is 10.7 Å². The summed E-state index contributed by atoms with van der Waals surface area (Å²) in [6.07, 6.45) is 5.71. The Balaban J connectivity index is 1.32. The van der Waals surface area contributed by atoms with Gasteiger partial charge in [0.25, 0.3) is 0 Å². The summed E-state index contributed by atoms with van der Waals surface area (Å²) in [5.74, 6) is 0.580. The van der Waals surface area contributed by atoms with Crippen molar-refractivity contribution in [1.82, 2.24) is 18.7 Å². The molecular formula is C28H24N4O3S2. The third kappa shape index (κ3) is 4.57. The van der Waals surface area contributed by atoms with Crippen molar-refractivity contribution in [3.63, 3.8) is 0 Å². The summed E-state index contributed by atoms with van der Waals surface area (Å²) in [5.41, 5.74) is 4.61. The molecule has 0 atom stereocenters. The Labute approximate surface area is 218 Å². The van der Waals surface area contributed by atoms with Crippen LogP contribution in [0.3, 0.4) is 0 Å². The number of hydrogen-bond donors (Lipinski definition) is 0. The quantitative estimate of drug-likeness (QED) is 0.244. The van der Waals surface area contributed by atoms with E-state index in [-0.39, 0.29) is 18.0 Å². The zero-order chi connectivity index (χ0) is 25.4. The number of nitrogens with zero attached hydrogens (tertiary/aromatic N) is 4. The molecule has 7 nitrogen and oxygen atoms in total. The Bertz CT molecular complexity index is 1780. The standard InChI is InChI=1S/C28H24N4O3S2/c1-20-9-11-21(12-10-20)25-18-32-23(19-36-28(32)30-25)13-15-31(17-24-7-4-16-35-24)37(33,34)26-8-2-5-22-6-3-14-29-27(22)26/h2-12,14,16,18-19H,13,15,17H2,1H3. The van der Waals surface area contributed by atoms with Crippen molar-refractivity contribution >= 4 is 37.2 Å². The van der Waals surface area contributed by atoms with Crippen molar-refractivity contribution in [2.24, 2.45) is 0 Å². The van der Waals surface area contributed by atoms with Crippen LogP contribution < -0.4 is 0 Å². The highest BCUT2D eigenvalue weighted by Crippen LogP contribution is 2.27. The van der Waals surface area contributed by atoms with Crippen LogP contribution in [0.4, 0.5) is 0 Å². The third-order valence-corrected chi connectivity index (χ3v) is 9.14. The predicted octanol–water partition coefficient (Wildman–Crippen LogP) is 5.95. The number of thiazole rings is 1. The molecule has 0 aliphatic heterocycles. The van der Waals surface area contributed by atoms with Crippen LogP contribution in [0.5, 0.6) is 0 Å². The molecule has 6 aromatic rings. The number of hydrogen-bond acceptors (Lipinski definition) is 6. The number of fused-ring (bicyclic) bond motifs is 2. The largest absolute Gasteiger partial charge is 0.468 e. The molecule has 37 heavy (non-hydrogen) atoms. The molecule has 0 unspecified atom stereocenters. The molecule has 0 saturated carbocycles. The van der Waals surface area contributed by atoms with Gasteiger partial charge in [-0.15, -0.1) is 11.3 Å². The molecule has 0 fully saturated rings. The fourth-order valence-corrected chi connectivity index (χ4v) is 6.88. The summed E-state index contributed by atoms with van der Waals surface area (Å²) in [7, 11) is -3.86. The van der Waals surface area contributed by atoms with Crippen molar-refractivity contribution in [3.05, 3.63) is 108 Å². The monoisotopic (exact) mass is 528 g/mol. The normalized spacial score (nSPS) is 12.2. The molecule has 186 valence electrons. The molecule has 4 heterocycles. The number of furan rings is 1. The van der Waals surface area contributed by atoms with E-state index in [1.54, 1.807) is 54.1 Å². The zero-order valence-electron chi connectivity index (χ0n) is 20.1. The van der Waals surface area contributed by atoms with Gasteiger partial charge in [0.15, 0.2) is 4.96 Å². The number of para-hydroxylation sites is 1. The first-order chi connectivity index (χ1) is 18.0. The summed E-state index contributed by atoms with van der Waals surface area (Å²) in [6.45, 7) is 2.46. The van der Waals surface area contributed by atoms with Gasteiger partial charge in [0, 0.05) is 47.4 Å². The maximum Gasteiger partial charge on any atom is 0.245 e. The van der Waals surface area contributed by atoms with E-state index in [2.05, 4.69) is 40.6 Å². The van der Waals surface area contributed by atoms with E-state index in [9.17, 15) is 8.42 Å². The minimum absolute atomic E-state index is 0.129. The maximum atomic E-state index is 13.9. The average Bonchev–Trinajstić information content (AvgIpc) is 3.65. The molecule has 9 heteroatoms. The summed E-state index contributed by atoms with van der Waals surface area (Å²) in [5, 5.41) is 2.82. The van der Waals surface area contributed by atoms with E-state index in [1.165, 1.54) is 9.87 Å². The number of imidazole rings is 1. The Morgan fingerprint density at radius 2 is 1.86 bits per heavy atom. The summed E-state index contributed by atoms with van der Waals surface area (Å²) in [6, 6.07) is 20.7. The molecule has 0 bridgehead atoms. The van der Waals surface area contributed by atoms with Gasteiger partial charge in [-0.3, -0.25) is 9.38 Å². The van der Waals surface area contributed by atoms with E-state index in [0.717, 1.165) is 27.3 Å². The fraction of sp³-hybridized carbons (Fsp3) is 0.143. The highest BCUT2D eigenvalue weighted by atomic mass is 32.2. The van der Waals surface area contributed by atoms with Crippen LogP contribution in [0.15, 0.2) is 100 Å². The first-order valence-electron chi connectivity index (χ1n) is 11.9. The van der Waals surface area contributed by atoms with Crippen LogP contribution in [-0.2, 0) is 23.0 Å². The van der Waals surface area contributed by atoms with Gasteiger partial charge in [0.05, 0.1) is 24.0 Å². The van der Waals surface area contributed by atoms with Crippen LogP contribution in [-0.4, -0.2) is 33.6 Å². The number of sulfonamides is 1. The molecule has 6 rings (SSSR count). The highest BCUT2D eigenvalue weighted by molar-refractivity contribution is 7.89. The first kappa shape index (κ1) is 23.6. The lowest BCUT2D eigenvalue weighted by Gasteiger charge is -2.22. The van der Waals surface area contributed by atoms with E-state index < -0.39 is 10.0 Å². The molecule has 0 radical (unpaired) electrons. The second kappa shape index (κ2) is 9.59. The van der Waals surface area contributed by atoms with Crippen LogP contribution in [0, 0.1) is 6.92 Å². The lowest BCUT2D eigenvalue weighted by molar-refractivity contribution is 0.365. The molecular weight excluding hydrogens is 504 g/mol. The lowest BCUT2D eigenvalue weighted by Crippen LogP contribution is -2.33. The average molecular weight is 529 g/mol. The number of aryl methyl sites for hydroxylation is 1. The summed E-state index contributed by atoms with van der Waals surface area (Å²) in [4.78, 5) is 10.2. The van der Waals surface area contributed by atoms with Gasteiger partial charge in [-0.1, -0.05) is 48.0 Å². The number of pyridine rings is 1. The Morgan fingerprint density at radius 3 is 2.68 bits per heavy atom. The van der Waals surface area contributed by atoms with E-state index in [1.807, 2.05) is 23.7 Å². The molecule has 0 aliphatic carbocycles. The second-order valence-electron chi connectivity index (χ2n) is 8.87. The van der Waals surface area contributed by atoms with Gasteiger partial charge in [-0.25, -0.2) is 13.4 Å². The van der Waals surface area contributed by atoms with E-state index in [0.29, 0.717) is 17.7 Å². The van der Waals surface area contributed by atoms with Crippen molar-refractivity contribution < 1.29 is 12.8 Å². The van der Waals surface area contributed by atoms with Gasteiger partial charge >= 0.3 is 0 Å². The summed E-state index contributed by atoms with van der Waals surface area (Å²) >= 11 is 1.55. The van der Waals surface area contributed by atoms with Crippen LogP contribution in [0.2, 0.25) is 0 Å². The minimum Gasteiger partial charge on any atom is -0.468 e. The SMILES string of the molecule is Cc1ccc(-c2cn3c(CCN(Cc4ccco4)S(=O)(=O)c4cccc5cccnc45)csc3n2)cc1. The Kier molecular flexibility index (Phi) is 6.11. The Morgan fingerprint density at radius 1 is 1.03 bits per heavy atom. The van der Waals surface area contributed by atoms with Crippen molar-refractivity contribution in [2.75, 3.05) is 6.54 Å². The number of benzene rings is 2. The van der Waals surface area contributed by atoms with Crippen molar-refractivity contribution in [1.29, 1.82) is 0 Å². The number of aromatic nitrogens is 3. The van der Waals surface area contributed by atoms with Gasteiger partial charge in [-0.2, -0.15) is 4.31 Å². The third-order valence-electron chi connectivity index (χ3n) is 6.37. The molecule has 4 aromatic heterocycles. The molecule has 0 spiro atoms. The molecule has 2 aromatic carbocycles. The zero-order valence-corrected chi connectivity index (χ0v) is 21.7. The van der Waals surface area contributed by atoms with Crippen molar-refractivity contribution in [3.8, 4) is 11.3 Å². The highest BCUT2D eigenvalue weighted by Gasteiger charge is 2.28. The first-order valence-corrected chi connectivity index (χ1v) is 14.2. The molecule has 0 aliphatic rings. The maximum absolute atomic E-state index is 13.9. The van der Waals surface area contributed by atoms with Crippen LogP contribution in [0.25, 0.3) is 27.1 Å². The predicted molar refractivity (Wildman–Crippen MR) is 145 cm³/mol. The van der Waals surface area contributed by atoms with Crippen LogP contribution in [0.1, 0.15) is 17.0 Å². The smallest absolute Gasteiger partial charge is 0.245 e. The van der Waals surface area contributed by atoms with E-state index in [4.69, 9.17) is 9.40 Å². The van der Waals surface area contributed by atoms with Crippen molar-refractivity contribution in [2.45, 2.75) is 24.8 Å². The summed E-state index contributed by atoms with van der Waals surface area (Å²) < 4.78 is 36.9. The minimum atomic E-state index is -3.86. The molecule has 0 saturated heterocycles. The van der Waals surface area contributed by atoms with Crippen LogP contribution >= 0.6 is 11.3 Å². The topological polar surface area (TPSA) is 80.7 Å². The van der Waals surface area contributed by atoms with Gasteiger partial charge in [0.2, 0.25) is 10.0 Å². The molecule has 0 N–H and O–H groups in total. The number of rotatable bonds is 8. The van der Waals surface area contributed by atoms with Gasteiger partial charge in [-0.05, 0) is 31.2 Å². The fourth-order valence-electron chi connectivity index (χ4n) is 4.40. The molecule has 0 amide bonds.